The Morgan fingerprint density at radius 1 is 1.11 bits per heavy atom. The first-order valence-electron chi connectivity index (χ1n) is 8.32. The van der Waals surface area contributed by atoms with Gasteiger partial charge in [-0.3, -0.25) is 14.6 Å². The highest BCUT2D eigenvalue weighted by Gasteiger charge is 2.17. The molecule has 2 amide bonds. The minimum absolute atomic E-state index is 0.141. The molecule has 0 spiro atoms. The normalized spacial score (nSPS) is 10.2. The second-order valence-corrected chi connectivity index (χ2v) is 6.38. The van der Waals surface area contributed by atoms with Crippen LogP contribution < -0.4 is 10.6 Å². The second-order valence-electron chi connectivity index (χ2n) is 5.46. The van der Waals surface area contributed by atoms with Gasteiger partial charge in [0, 0.05) is 18.1 Å². The Balaban J connectivity index is 1.73. The van der Waals surface area contributed by atoms with Crippen molar-refractivity contribution in [3.8, 4) is 0 Å². The molecule has 0 aliphatic rings. The van der Waals surface area contributed by atoms with Gasteiger partial charge in [0.2, 0.25) is 0 Å². The number of hydrogen-bond donors (Lipinski definition) is 2. The average Bonchev–Trinajstić information content (AvgIpc) is 3.17. The smallest absolute Gasteiger partial charge is 0.338 e. The summed E-state index contributed by atoms with van der Waals surface area (Å²) in [6.45, 7) is 1.98. The van der Waals surface area contributed by atoms with Gasteiger partial charge in [-0.2, -0.15) is 0 Å². The number of nitrogens with zero attached hydrogens (tertiary/aromatic N) is 2. The topological polar surface area (TPSA) is 110 Å². The first-order valence-corrected chi connectivity index (χ1v) is 9.20. The molecule has 0 unspecified atom stereocenters. The molecule has 0 bridgehead atoms. The van der Waals surface area contributed by atoms with Crippen LogP contribution in [0.3, 0.4) is 0 Å². The van der Waals surface area contributed by atoms with Gasteiger partial charge in [-0.25, -0.2) is 9.78 Å². The van der Waals surface area contributed by atoms with Crippen molar-refractivity contribution in [3.05, 3.63) is 70.4 Å². The van der Waals surface area contributed by atoms with Gasteiger partial charge in [-0.05, 0) is 36.6 Å². The third-order valence-corrected chi connectivity index (χ3v) is 4.46. The molecule has 0 saturated carbocycles. The van der Waals surface area contributed by atoms with Crippen molar-refractivity contribution in [2.24, 2.45) is 0 Å². The number of benzene rings is 1. The van der Waals surface area contributed by atoms with E-state index in [1.165, 1.54) is 36.0 Å². The predicted octanol–water partition coefficient (Wildman–Crippen LogP) is 3.22. The van der Waals surface area contributed by atoms with E-state index in [0.29, 0.717) is 21.8 Å². The summed E-state index contributed by atoms with van der Waals surface area (Å²) in [6.07, 6.45) is 4.21. The first-order chi connectivity index (χ1) is 13.6. The van der Waals surface area contributed by atoms with Crippen LogP contribution in [0.1, 0.15) is 37.4 Å². The lowest BCUT2D eigenvalue weighted by Gasteiger charge is -2.08. The van der Waals surface area contributed by atoms with Crippen LogP contribution in [-0.4, -0.2) is 34.4 Å². The van der Waals surface area contributed by atoms with Crippen LogP contribution in [0.15, 0.2) is 54.3 Å². The molecule has 0 fully saturated rings. The zero-order chi connectivity index (χ0) is 19.9. The summed E-state index contributed by atoms with van der Waals surface area (Å²) in [7, 11) is 0. The minimum Gasteiger partial charge on any atom is -0.462 e. The van der Waals surface area contributed by atoms with Gasteiger partial charge in [-0.15, -0.1) is 11.3 Å². The summed E-state index contributed by atoms with van der Waals surface area (Å²) in [5.74, 6) is -1.35. The van der Waals surface area contributed by atoms with Gasteiger partial charge < -0.3 is 15.4 Å². The zero-order valence-corrected chi connectivity index (χ0v) is 15.7. The molecule has 3 rings (SSSR count). The Morgan fingerprint density at radius 3 is 2.71 bits per heavy atom. The molecule has 0 saturated heterocycles. The third kappa shape index (κ3) is 4.57. The van der Waals surface area contributed by atoms with E-state index < -0.39 is 17.8 Å². The lowest BCUT2D eigenvalue weighted by Crippen LogP contribution is -2.17. The lowest BCUT2D eigenvalue weighted by atomic mass is 10.2. The van der Waals surface area contributed by atoms with Crippen molar-refractivity contribution in [1.29, 1.82) is 0 Å². The first kappa shape index (κ1) is 19.2. The van der Waals surface area contributed by atoms with E-state index in [4.69, 9.17) is 4.74 Å². The average molecular weight is 396 g/mol. The molecule has 8 nitrogen and oxygen atoms in total. The van der Waals surface area contributed by atoms with Crippen LogP contribution in [0.25, 0.3) is 0 Å². The number of carbonyl (C=O) groups is 3. The van der Waals surface area contributed by atoms with E-state index in [-0.39, 0.29) is 12.3 Å². The van der Waals surface area contributed by atoms with Gasteiger partial charge in [0.25, 0.3) is 11.8 Å². The Kier molecular flexibility index (Phi) is 6.07. The number of esters is 1. The molecule has 0 aliphatic carbocycles. The highest BCUT2D eigenvalue weighted by molar-refractivity contribution is 7.12. The maximum Gasteiger partial charge on any atom is 0.338 e. The molecule has 2 heterocycles. The Morgan fingerprint density at radius 2 is 1.96 bits per heavy atom. The molecule has 2 aromatic heterocycles. The lowest BCUT2D eigenvalue weighted by molar-refractivity contribution is 0.0526. The largest absolute Gasteiger partial charge is 0.462 e. The number of nitrogens with one attached hydrogen (secondary N) is 2. The van der Waals surface area contributed by atoms with E-state index in [9.17, 15) is 14.4 Å². The highest BCUT2D eigenvalue weighted by atomic mass is 32.1. The molecular formula is C19H16N4O4S. The number of rotatable bonds is 6. The van der Waals surface area contributed by atoms with Crippen LogP contribution in [0, 0.1) is 0 Å². The van der Waals surface area contributed by atoms with Gasteiger partial charge in [0.05, 0.1) is 24.1 Å². The van der Waals surface area contributed by atoms with Crippen LogP contribution in [0.2, 0.25) is 0 Å². The maximum atomic E-state index is 12.6. The number of hydrogen-bond acceptors (Lipinski definition) is 7. The van der Waals surface area contributed by atoms with Crippen molar-refractivity contribution in [2.45, 2.75) is 6.92 Å². The van der Waals surface area contributed by atoms with Crippen LogP contribution in [0.4, 0.5) is 11.4 Å². The summed E-state index contributed by atoms with van der Waals surface area (Å²) in [5.41, 5.74) is 1.28. The summed E-state index contributed by atoms with van der Waals surface area (Å²) in [4.78, 5) is 44.8. The standard InChI is InChI=1S/C19H16N4O4S/c1-2-27-19(26)12-4-3-5-13(10-12)22-18(25)16-14(6-9-28-16)23-17(24)15-11-20-7-8-21-15/h3-11H,2H2,1H3,(H,22,25)(H,23,24). The Bertz CT molecular complexity index is 1000. The fourth-order valence-corrected chi connectivity index (χ4v) is 3.06. The molecule has 0 aliphatic heterocycles. The quantitative estimate of drug-likeness (QED) is 0.619. The number of amides is 2. The van der Waals surface area contributed by atoms with Crippen molar-refractivity contribution < 1.29 is 19.1 Å². The van der Waals surface area contributed by atoms with Crippen molar-refractivity contribution in [3.63, 3.8) is 0 Å². The monoisotopic (exact) mass is 396 g/mol. The number of aromatic nitrogens is 2. The summed E-state index contributed by atoms with van der Waals surface area (Å²) < 4.78 is 4.96. The fourth-order valence-electron chi connectivity index (χ4n) is 2.31. The molecule has 9 heteroatoms. The van der Waals surface area contributed by atoms with Crippen LogP contribution in [-0.2, 0) is 4.74 Å². The number of thiophene rings is 1. The van der Waals surface area contributed by atoms with E-state index in [2.05, 4.69) is 20.6 Å². The molecule has 28 heavy (non-hydrogen) atoms. The van der Waals surface area contributed by atoms with E-state index in [0.717, 1.165) is 0 Å². The van der Waals surface area contributed by atoms with E-state index in [1.54, 1.807) is 36.6 Å². The Labute approximate surface area is 164 Å². The maximum absolute atomic E-state index is 12.6. The van der Waals surface area contributed by atoms with Gasteiger partial charge in [0.15, 0.2) is 0 Å². The predicted molar refractivity (Wildman–Crippen MR) is 105 cm³/mol. The molecule has 3 aromatic rings. The van der Waals surface area contributed by atoms with Gasteiger partial charge in [-0.1, -0.05) is 6.07 Å². The summed E-state index contributed by atoms with van der Waals surface area (Å²) in [5, 5.41) is 7.06. The van der Waals surface area contributed by atoms with Crippen molar-refractivity contribution >= 4 is 40.5 Å². The summed E-state index contributed by atoms with van der Waals surface area (Å²) in [6, 6.07) is 8.06. The van der Waals surface area contributed by atoms with E-state index in [1.807, 2.05) is 0 Å². The molecule has 0 atom stereocenters. The molecule has 142 valence electrons. The Hall–Kier alpha value is -3.59. The fraction of sp³-hybridized carbons (Fsp3) is 0.105. The minimum atomic E-state index is -0.468. The van der Waals surface area contributed by atoms with Crippen LogP contribution in [0.5, 0.6) is 0 Å². The van der Waals surface area contributed by atoms with Gasteiger partial charge in [0.1, 0.15) is 10.6 Å². The molecule has 2 N–H and O–H groups in total. The highest BCUT2D eigenvalue weighted by Crippen LogP contribution is 2.24. The van der Waals surface area contributed by atoms with E-state index >= 15 is 0 Å². The number of anilines is 2. The number of carbonyl (C=O) groups excluding carboxylic acids is 3. The molecule has 1 aromatic carbocycles. The second kappa shape index (κ2) is 8.87. The molecular weight excluding hydrogens is 380 g/mol. The van der Waals surface area contributed by atoms with Crippen LogP contribution >= 0.6 is 11.3 Å². The van der Waals surface area contributed by atoms with Gasteiger partial charge >= 0.3 is 5.97 Å². The summed E-state index contributed by atoms with van der Waals surface area (Å²) >= 11 is 1.18. The SMILES string of the molecule is CCOC(=O)c1cccc(NC(=O)c2sccc2NC(=O)c2cnccn2)c1. The third-order valence-electron chi connectivity index (χ3n) is 3.55. The zero-order valence-electron chi connectivity index (χ0n) is 14.8. The number of ether oxygens (including phenoxy) is 1. The van der Waals surface area contributed by atoms with Crippen molar-refractivity contribution in [2.75, 3.05) is 17.2 Å². The molecule has 0 radical (unpaired) electrons. The van der Waals surface area contributed by atoms with Crippen molar-refractivity contribution in [1.82, 2.24) is 9.97 Å².